The van der Waals surface area contributed by atoms with Gasteiger partial charge >= 0.3 is 0 Å². The quantitative estimate of drug-likeness (QED) is 0.142. The summed E-state index contributed by atoms with van der Waals surface area (Å²) >= 11 is 0. The molecule has 0 aromatic heterocycles. The maximum absolute atomic E-state index is 2.61. The zero-order chi connectivity index (χ0) is 48.6. The van der Waals surface area contributed by atoms with Crippen LogP contribution in [0.4, 0.5) is 0 Å². The first-order chi connectivity index (χ1) is 34.6. The van der Waals surface area contributed by atoms with Crippen molar-refractivity contribution in [3.05, 3.63) is 180 Å². The largest absolute Gasteiger partial charge is 0.0610 e. The Morgan fingerprint density at radius 2 is 0.389 bits per heavy atom. The van der Waals surface area contributed by atoms with Gasteiger partial charge in [-0.1, -0.05) is 172 Å². The number of benzene rings is 10. The number of hydrogen-bond donors (Lipinski definition) is 0. The average molecular weight is 919 g/mol. The summed E-state index contributed by atoms with van der Waals surface area (Å²) in [5.41, 5.74) is 3.80. The van der Waals surface area contributed by atoms with E-state index in [-0.39, 0.29) is 16.2 Å². The van der Waals surface area contributed by atoms with E-state index in [2.05, 4.69) is 226 Å². The summed E-state index contributed by atoms with van der Waals surface area (Å²) in [4.78, 5) is 0. The maximum Gasteiger partial charge on any atom is -0.000673 e. The number of rotatable bonds is 0. The molecule has 16 aromatic rings. The van der Waals surface area contributed by atoms with Gasteiger partial charge in [0.2, 0.25) is 0 Å². The van der Waals surface area contributed by atoms with Gasteiger partial charge in [-0.15, -0.1) is 0 Å². The van der Waals surface area contributed by atoms with Gasteiger partial charge < -0.3 is 0 Å². The third-order valence-corrected chi connectivity index (χ3v) is 17.5. The lowest BCUT2D eigenvalue weighted by atomic mass is 9.84. The molecule has 0 unspecified atom stereocenters. The highest BCUT2D eigenvalue weighted by Crippen LogP contribution is 2.58. The van der Waals surface area contributed by atoms with E-state index in [1.807, 2.05) is 0 Å². The molecule has 72 heavy (non-hydrogen) atoms. The molecule has 0 radical (unpaired) electrons. The molecule has 0 amide bonds. The van der Waals surface area contributed by atoms with Gasteiger partial charge in [-0.3, -0.25) is 0 Å². The van der Waals surface area contributed by atoms with Crippen LogP contribution in [-0.2, 0) is 16.2 Å². The molecule has 16 aromatic carbocycles. The Bertz CT molecular complexity index is 4560. The highest BCUT2D eigenvalue weighted by molar-refractivity contribution is 6.57. The molecule has 0 atom stereocenters. The molecule has 342 valence electrons. The van der Waals surface area contributed by atoms with Crippen LogP contribution in [0.5, 0.6) is 0 Å². The molecule has 0 saturated carbocycles. The molecule has 0 aliphatic carbocycles. The first-order valence-corrected chi connectivity index (χ1v) is 26.2. The maximum atomic E-state index is 2.61. The van der Waals surface area contributed by atoms with Crippen LogP contribution in [-0.4, -0.2) is 0 Å². The molecule has 16 rings (SSSR count). The van der Waals surface area contributed by atoms with E-state index in [0.717, 1.165) is 0 Å². The fourth-order valence-corrected chi connectivity index (χ4v) is 14.1. The van der Waals surface area contributed by atoms with Crippen LogP contribution in [0.25, 0.3) is 162 Å². The van der Waals surface area contributed by atoms with Crippen molar-refractivity contribution in [2.45, 2.75) is 78.6 Å². The Kier molecular flexibility index (Phi) is 7.48. The topological polar surface area (TPSA) is 0 Å². The molecule has 0 bridgehead atoms. The van der Waals surface area contributed by atoms with Crippen LogP contribution in [0, 0.1) is 0 Å². The average Bonchev–Trinajstić information content (AvgIpc) is 3.84. The lowest BCUT2D eigenvalue weighted by Gasteiger charge is -2.20. The lowest BCUT2D eigenvalue weighted by Crippen LogP contribution is -2.10. The Hall–Kier alpha value is -7.80. The van der Waals surface area contributed by atoms with Crippen molar-refractivity contribution in [3.63, 3.8) is 0 Å². The fraction of sp³-hybridized carbons (Fsp3) is 0.167. The highest BCUT2D eigenvalue weighted by Gasteiger charge is 2.31. The van der Waals surface area contributed by atoms with Crippen molar-refractivity contribution in [1.82, 2.24) is 0 Å². The molecule has 0 aliphatic rings. The second kappa shape index (κ2) is 13.2. The lowest BCUT2D eigenvalue weighted by molar-refractivity contribution is 0.591. The summed E-state index contributed by atoms with van der Waals surface area (Å²) in [6.07, 6.45) is 0. The van der Waals surface area contributed by atoms with Crippen LogP contribution in [0.3, 0.4) is 0 Å². The summed E-state index contributed by atoms with van der Waals surface area (Å²) < 4.78 is 0. The normalized spacial score (nSPS) is 13.6. The van der Waals surface area contributed by atoms with E-state index in [0.29, 0.717) is 0 Å². The van der Waals surface area contributed by atoms with Gasteiger partial charge in [0.05, 0.1) is 0 Å². The second-order valence-corrected chi connectivity index (χ2v) is 24.8. The second-order valence-electron chi connectivity index (χ2n) is 24.8. The van der Waals surface area contributed by atoms with Crippen LogP contribution in [0.1, 0.15) is 79.0 Å². The minimum atomic E-state index is -0.0984. The number of hydrogen-bond acceptors (Lipinski definition) is 0. The Labute approximate surface area is 418 Å². The molecule has 0 heterocycles. The van der Waals surface area contributed by atoms with Crippen molar-refractivity contribution in [2.75, 3.05) is 0 Å². The monoisotopic (exact) mass is 918 g/mol. The minimum Gasteiger partial charge on any atom is -0.0610 e. The molecule has 0 aliphatic heterocycles. The Balaban J connectivity index is 1.35. The van der Waals surface area contributed by atoms with Crippen LogP contribution in [0.15, 0.2) is 164 Å². The Morgan fingerprint density at radius 3 is 0.639 bits per heavy atom. The first kappa shape index (κ1) is 40.9. The molecular weight excluding hydrogens is 865 g/mol. The van der Waals surface area contributed by atoms with Crippen molar-refractivity contribution in [2.24, 2.45) is 0 Å². The van der Waals surface area contributed by atoms with E-state index in [1.165, 1.54) is 178 Å². The van der Waals surface area contributed by atoms with Crippen molar-refractivity contribution >= 4 is 162 Å². The van der Waals surface area contributed by atoms with Crippen molar-refractivity contribution < 1.29 is 0 Å². The minimum absolute atomic E-state index is 0.0984. The van der Waals surface area contributed by atoms with Crippen molar-refractivity contribution in [3.8, 4) is 0 Å². The molecule has 0 fully saturated rings. The van der Waals surface area contributed by atoms with Gasteiger partial charge in [-0.05, 0) is 249 Å². The standard InChI is InChI=1S/C72H54/c1-70(2,3)43-31-49-46-25-13-19-37-16-10-22-40(58(37)46)28-52-61(49)55(34-43)67-64(52)68-57-36-45(72(7,8)9)33-51-48-27-15-21-39-18-12-24-42(60(39)48)30-54(63(51)57)66(68)69-56-35-44(71(4,5)6)32-50-47-26-14-20-38-17-11-23-41(59(38)47)29-53(62(50)56)65(67)69/h10-36H,1-9H3. The van der Waals surface area contributed by atoms with Gasteiger partial charge in [0.25, 0.3) is 0 Å². The van der Waals surface area contributed by atoms with E-state index in [9.17, 15) is 0 Å². The first-order valence-electron chi connectivity index (χ1n) is 26.2. The van der Waals surface area contributed by atoms with Gasteiger partial charge in [0.1, 0.15) is 0 Å². The van der Waals surface area contributed by atoms with E-state index >= 15 is 0 Å². The van der Waals surface area contributed by atoms with Gasteiger partial charge in [0.15, 0.2) is 0 Å². The summed E-state index contributed by atoms with van der Waals surface area (Å²) in [5, 5.41) is 40.3. The molecule has 0 saturated heterocycles. The third-order valence-electron chi connectivity index (χ3n) is 17.5. The SMILES string of the molecule is CC(C)(C)c1cc2c3cccc4cccc(cc5c2c(c1)c1c2c6cc7cccc8cccc(c9cc(C(C)(C)C)cc(c96)c2c2c6cc9cccc%10cccc(c%11cc(C(C)(C)C)cc(c%116)c2c51)c%109)c87)c43. The summed E-state index contributed by atoms with van der Waals surface area (Å²) in [7, 11) is 0. The van der Waals surface area contributed by atoms with Gasteiger partial charge in [0, 0.05) is 0 Å². The zero-order valence-corrected chi connectivity index (χ0v) is 42.6. The fourth-order valence-electron chi connectivity index (χ4n) is 14.1. The smallest absolute Gasteiger partial charge is 0.000673 e. The zero-order valence-electron chi connectivity index (χ0n) is 42.6. The molecule has 0 N–H and O–H groups in total. The van der Waals surface area contributed by atoms with E-state index in [1.54, 1.807) is 0 Å². The molecule has 0 spiro atoms. The van der Waals surface area contributed by atoms with Crippen LogP contribution < -0.4 is 0 Å². The summed E-state index contributed by atoms with van der Waals surface area (Å²) in [5.74, 6) is 0. The highest BCUT2D eigenvalue weighted by atomic mass is 14.3. The third kappa shape index (κ3) is 5.08. The van der Waals surface area contributed by atoms with Crippen LogP contribution >= 0.6 is 0 Å². The molecule has 0 heteroatoms. The van der Waals surface area contributed by atoms with Crippen LogP contribution in [0.2, 0.25) is 0 Å². The number of fused-ring (bicyclic) bond motifs is 15. The van der Waals surface area contributed by atoms with Gasteiger partial charge in [-0.2, -0.15) is 0 Å². The predicted octanol–water partition coefficient (Wildman–Crippen LogP) is 21.2. The summed E-state index contributed by atoms with van der Waals surface area (Å²) in [6, 6.07) is 65.0. The molecule has 0 nitrogen and oxygen atoms in total. The summed E-state index contributed by atoms with van der Waals surface area (Å²) in [6.45, 7) is 21.6. The van der Waals surface area contributed by atoms with Crippen molar-refractivity contribution in [1.29, 1.82) is 0 Å². The predicted molar refractivity (Wildman–Crippen MR) is 319 cm³/mol. The molecular formula is C72H54. The van der Waals surface area contributed by atoms with Gasteiger partial charge in [-0.25, -0.2) is 0 Å². The van der Waals surface area contributed by atoms with E-state index < -0.39 is 0 Å². The Morgan fingerprint density at radius 1 is 0.181 bits per heavy atom. The van der Waals surface area contributed by atoms with E-state index in [4.69, 9.17) is 0 Å².